The first-order valence-electron chi connectivity index (χ1n) is 4.60. The van der Waals surface area contributed by atoms with Gasteiger partial charge in [0.25, 0.3) is 0 Å². The lowest BCUT2D eigenvalue weighted by Crippen LogP contribution is -2.47. The van der Waals surface area contributed by atoms with Crippen molar-refractivity contribution in [3.8, 4) is 0 Å². The summed E-state index contributed by atoms with van der Waals surface area (Å²) >= 11 is 0. The lowest BCUT2D eigenvalue weighted by atomic mass is 9.94. The van der Waals surface area contributed by atoms with Crippen molar-refractivity contribution in [2.45, 2.75) is 38.8 Å². The zero-order chi connectivity index (χ0) is 10.1. The van der Waals surface area contributed by atoms with E-state index >= 15 is 0 Å². The zero-order valence-electron chi connectivity index (χ0n) is 8.37. The molecule has 4 nitrogen and oxygen atoms in total. The predicted molar refractivity (Wildman–Crippen MR) is 51.1 cm³/mol. The van der Waals surface area contributed by atoms with Crippen LogP contribution in [0.2, 0.25) is 0 Å². The van der Waals surface area contributed by atoms with Gasteiger partial charge in [-0.2, -0.15) is 0 Å². The molecule has 1 aromatic heterocycles. The van der Waals surface area contributed by atoms with Gasteiger partial charge in [-0.05, 0) is 6.92 Å². The van der Waals surface area contributed by atoms with Gasteiger partial charge in [-0.15, -0.1) is 0 Å². The van der Waals surface area contributed by atoms with E-state index in [2.05, 4.69) is 5.16 Å². The number of nitrogens with zero attached hydrogens (tertiary/aromatic N) is 1. The van der Waals surface area contributed by atoms with Gasteiger partial charge in [0, 0.05) is 18.0 Å². The molecule has 13 heavy (non-hydrogen) atoms. The lowest BCUT2D eigenvalue weighted by molar-refractivity contribution is 0.370. The number of nitrogens with two attached hydrogens (primary N) is 2. The molecule has 2 rings (SSSR count). The SMILES string of the molecule is CC.CC1(N)c2conc2C[C@H]1N. The van der Waals surface area contributed by atoms with Gasteiger partial charge < -0.3 is 16.0 Å². The van der Waals surface area contributed by atoms with Crippen molar-refractivity contribution in [3.05, 3.63) is 17.5 Å². The quantitative estimate of drug-likeness (QED) is 0.622. The largest absolute Gasteiger partial charge is 0.364 e. The van der Waals surface area contributed by atoms with E-state index in [4.69, 9.17) is 16.0 Å². The van der Waals surface area contributed by atoms with Gasteiger partial charge in [0.05, 0.1) is 11.2 Å². The molecule has 0 radical (unpaired) electrons. The zero-order valence-corrected chi connectivity index (χ0v) is 8.37. The number of fused-ring (bicyclic) bond motifs is 1. The average Bonchev–Trinajstić information content (AvgIpc) is 2.62. The molecule has 1 unspecified atom stereocenters. The Balaban J connectivity index is 0.000000396. The highest BCUT2D eigenvalue weighted by Crippen LogP contribution is 2.32. The molecule has 1 aromatic rings. The Bertz CT molecular complexity index is 280. The summed E-state index contributed by atoms with van der Waals surface area (Å²) in [4.78, 5) is 0. The van der Waals surface area contributed by atoms with Crippen LogP contribution in [0.25, 0.3) is 0 Å². The molecule has 0 bridgehead atoms. The maximum atomic E-state index is 5.95. The molecule has 0 aliphatic heterocycles. The van der Waals surface area contributed by atoms with Crippen molar-refractivity contribution < 1.29 is 4.52 Å². The van der Waals surface area contributed by atoms with Crippen LogP contribution in [0.15, 0.2) is 10.8 Å². The van der Waals surface area contributed by atoms with Crippen molar-refractivity contribution in [2.75, 3.05) is 0 Å². The second-order valence-corrected chi connectivity index (χ2v) is 3.27. The Labute approximate surface area is 78.3 Å². The van der Waals surface area contributed by atoms with E-state index in [1.807, 2.05) is 20.8 Å². The Morgan fingerprint density at radius 1 is 1.62 bits per heavy atom. The first-order chi connectivity index (χ1) is 6.12. The fraction of sp³-hybridized carbons (Fsp3) is 0.667. The third kappa shape index (κ3) is 1.47. The molecule has 0 aromatic carbocycles. The van der Waals surface area contributed by atoms with Crippen molar-refractivity contribution in [2.24, 2.45) is 11.5 Å². The Hall–Kier alpha value is -0.870. The molecule has 4 N–H and O–H groups in total. The molecule has 1 aliphatic carbocycles. The topological polar surface area (TPSA) is 78.1 Å². The number of rotatable bonds is 0. The fourth-order valence-corrected chi connectivity index (χ4v) is 1.47. The summed E-state index contributed by atoms with van der Waals surface area (Å²) in [7, 11) is 0. The van der Waals surface area contributed by atoms with E-state index in [0.717, 1.165) is 17.7 Å². The minimum atomic E-state index is -0.463. The van der Waals surface area contributed by atoms with Crippen molar-refractivity contribution in [3.63, 3.8) is 0 Å². The van der Waals surface area contributed by atoms with Crippen LogP contribution in [0.4, 0.5) is 0 Å². The Morgan fingerprint density at radius 2 is 2.23 bits per heavy atom. The van der Waals surface area contributed by atoms with E-state index in [0.29, 0.717) is 0 Å². The molecule has 0 fully saturated rings. The maximum Gasteiger partial charge on any atom is 0.129 e. The normalized spacial score (nSPS) is 30.7. The third-order valence-corrected chi connectivity index (χ3v) is 2.41. The molecular weight excluding hydrogens is 166 g/mol. The molecule has 0 amide bonds. The molecule has 0 saturated carbocycles. The van der Waals surface area contributed by atoms with Crippen molar-refractivity contribution in [1.82, 2.24) is 5.16 Å². The molecular formula is C9H17N3O. The van der Waals surface area contributed by atoms with Crippen LogP contribution in [0.3, 0.4) is 0 Å². The van der Waals surface area contributed by atoms with E-state index in [-0.39, 0.29) is 6.04 Å². The summed E-state index contributed by atoms with van der Waals surface area (Å²) in [5, 5.41) is 3.81. The van der Waals surface area contributed by atoms with E-state index in [9.17, 15) is 0 Å². The molecule has 0 spiro atoms. The minimum absolute atomic E-state index is 0.0311. The lowest BCUT2D eigenvalue weighted by Gasteiger charge is -2.22. The van der Waals surface area contributed by atoms with Crippen molar-refractivity contribution in [1.29, 1.82) is 0 Å². The van der Waals surface area contributed by atoms with E-state index < -0.39 is 5.54 Å². The standard InChI is InChI=1S/C7H11N3O.C2H6/c1-7(9)4-3-11-10-5(4)2-6(7)8;1-2/h3,6H,2,8-9H2,1H3;1-2H3/t6-,7?;/m1./s1. The number of hydrogen-bond donors (Lipinski definition) is 2. The molecule has 2 atom stereocenters. The van der Waals surface area contributed by atoms with E-state index in [1.165, 1.54) is 0 Å². The van der Waals surface area contributed by atoms with E-state index in [1.54, 1.807) is 6.26 Å². The molecule has 1 aliphatic rings. The van der Waals surface area contributed by atoms with Crippen LogP contribution in [-0.2, 0) is 12.0 Å². The van der Waals surface area contributed by atoms with Crippen molar-refractivity contribution >= 4 is 0 Å². The third-order valence-electron chi connectivity index (χ3n) is 2.41. The van der Waals surface area contributed by atoms with Gasteiger partial charge in [-0.25, -0.2) is 0 Å². The van der Waals surface area contributed by atoms with Crippen LogP contribution in [0.5, 0.6) is 0 Å². The van der Waals surface area contributed by atoms with Gasteiger partial charge in [-0.3, -0.25) is 0 Å². The monoisotopic (exact) mass is 183 g/mol. The van der Waals surface area contributed by atoms with Gasteiger partial charge in [0.1, 0.15) is 6.26 Å². The predicted octanol–water partition coefficient (Wildman–Crippen LogP) is 0.758. The summed E-state index contributed by atoms with van der Waals surface area (Å²) < 4.78 is 4.79. The molecule has 0 saturated heterocycles. The Morgan fingerprint density at radius 3 is 2.77 bits per heavy atom. The smallest absolute Gasteiger partial charge is 0.129 e. The maximum absolute atomic E-state index is 5.95. The minimum Gasteiger partial charge on any atom is -0.364 e. The first kappa shape index (κ1) is 10.2. The summed E-state index contributed by atoms with van der Waals surface area (Å²) in [6.07, 6.45) is 2.31. The Kier molecular flexibility index (Phi) is 2.73. The van der Waals surface area contributed by atoms with Crippen LogP contribution in [0.1, 0.15) is 32.0 Å². The highest BCUT2D eigenvalue weighted by Gasteiger charge is 2.40. The first-order valence-corrected chi connectivity index (χ1v) is 4.60. The average molecular weight is 183 g/mol. The number of hydrogen-bond acceptors (Lipinski definition) is 4. The molecule has 4 heteroatoms. The molecule has 74 valence electrons. The summed E-state index contributed by atoms with van der Waals surface area (Å²) in [6, 6.07) is -0.0311. The number of aromatic nitrogens is 1. The summed E-state index contributed by atoms with van der Waals surface area (Å²) in [5.41, 5.74) is 13.1. The fourth-order valence-electron chi connectivity index (χ4n) is 1.47. The van der Waals surface area contributed by atoms with Gasteiger partial charge in [0.15, 0.2) is 0 Å². The summed E-state index contributed by atoms with van der Waals surface area (Å²) in [6.45, 7) is 5.90. The van der Waals surface area contributed by atoms with Gasteiger partial charge >= 0.3 is 0 Å². The highest BCUT2D eigenvalue weighted by molar-refractivity contribution is 5.33. The second-order valence-electron chi connectivity index (χ2n) is 3.27. The van der Waals surface area contributed by atoms with Crippen LogP contribution >= 0.6 is 0 Å². The van der Waals surface area contributed by atoms with Crippen LogP contribution < -0.4 is 11.5 Å². The van der Waals surface area contributed by atoms with Gasteiger partial charge in [-0.1, -0.05) is 19.0 Å². The molecule has 1 heterocycles. The summed E-state index contributed by atoms with van der Waals surface area (Å²) in [5.74, 6) is 0. The van der Waals surface area contributed by atoms with Gasteiger partial charge in [0.2, 0.25) is 0 Å². The van der Waals surface area contributed by atoms with Crippen LogP contribution in [0, 0.1) is 0 Å². The second kappa shape index (κ2) is 3.47. The highest BCUT2D eigenvalue weighted by atomic mass is 16.5. The van der Waals surface area contributed by atoms with Crippen LogP contribution in [-0.4, -0.2) is 11.2 Å².